The van der Waals surface area contributed by atoms with E-state index in [-0.39, 0.29) is 6.03 Å². The van der Waals surface area contributed by atoms with E-state index in [0.717, 1.165) is 31.2 Å². The molecular formula is C10H18N2O. The first-order chi connectivity index (χ1) is 6.25. The van der Waals surface area contributed by atoms with Crippen LogP contribution in [0.2, 0.25) is 0 Å². The van der Waals surface area contributed by atoms with Crippen molar-refractivity contribution in [2.75, 3.05) is 6.54 Å². The van der Waals surface area contributed by atoms with E-state index in [4.69, 9.17) is 0 Å². The van der Waals surface area contributed by atoms with Crippen LogP contribution < -0.4 is 10.6 Å². The van der Waals surface area contributed by atoms with Gasteiger partial charge in [0.25, 0.3) is 0 Å². The molecule has 0 radical (unpaired) electrons. The number of carbonyl (C=O) groups is 1. The first kappa shape index (κ1) is 8.85. The standard InChI is InChI=1S/C10H18N2O/c1-7-5-8(7)6-11-10(13)12-9-3-2-4-9/h7-9H,2-6H2,1H3,(H2,11,12,13). The van der Waals surface area contributed by atoms with Crippen LogP contribution in [-0.4, -0.2) is 18.6 Å². The van der Waals surface area contributed by atoms with Crippen LogP contribution in [0.5, 0.6) is 0 Å². The minimum absolute atomic E-state index is 0.0313. The summed E-state index contributed by atoms with van der Waals surface area (Å²) in [6, 6.07) is 0.487. The number of nitrogens with one attached hydrogen (secondary N) is 2. The lowest BCUT2D eigenvalue weighted by atomic mass is 9.93. The summed E-state index contributed by atoms with van der Waals surface area (Å²) in [7, 11) is 0. The Morgan fingerprint density at radius 3 is 2.62 bits per heavy atom. The molecule has 2 unspecified atom stereocenters. The maximum Gasteiger partial charge on any atom is 0.315 e. The molecule has 13 heavy (non-hydrogen) atoms. The third-order valence-electron chi connectivity index (χ3n) is 3.24. The Morgan fingerprint density at radius 1 is 1.46 bits per heavy atom. The number of urea groups is 1. The highest BCUT2D eigenvalue weighted by Gasteiger charge is 2.32. The van der Waals surface area contributed by atoms with E-state index in [1.54, 1.807) is 0 Å². The monoisotopic (exact) mass is 182 g/mol. The van der Waals surface area contributed by atoms with E-state index in [1.165, 1.54) is 12.8 Å². The van der Waals surface area contributed by atoms with Crippen molar-refractivity contribution in [3.63, 3.8) is 0 Å². The summed E-state index contributed by atoms with van der Waals surface area (Å²) in [4.78, 5) is 11.3. The molecular weight excluding hydrogens is 164 g/mol. The zero-order valence-corrected chi connectivity index (χ0v) is 8.18. The first-order valence-electron chi connectivity index (χ1n) is 5.30. The summed E-state index contributed by atoms with van der Waals surface area (Å²) < 4.78 is 0. The minimum Gasteiger partial charge on any atom is -0.338 e. The lowest BCUT2D eigenvalue weighted by Gasteiger charge is -2.26. The Kier molecular flexibility index (Phi) is 2.42. The fourth-order valence-corrected chi connectivity index (χ4v) is 1.70. The molecule has 2 aliphatic rings. The smallest absolute Gasteiger partial charge is 0.315 e. The average molecular weight is 182 g/mol. The molecule has 0 saturated heterocycles. The van der Waals surface area contributed by atoms with Crippen molar-refractivity contribution in [2.24, 2.45) is 11.8 Å². The number of hydrogen-bond acceptors (Lipinski definition) is 1. The molecule has 2 rings (SSSR count). The third-order valence-corrected chi connectivity index (χ3v) is 3.24. The van der Waals surface area contributed by atoms with Crippen LogP contribution in [-0.2, 0) is 0 Å². The molecule has 0 aromatic heterocycles. The minimum atomic E-state index is 0.0313. The van der Waals surface area contributed by atoms with Gasteiger partial charge in [0.1, 0.15) is 0 Å². The highest BCUT2D eigenvalue weighted by molar-refractivity contribution is 5.74. The quantitative estimate of drug-likeness (QED) is 0.682. The van der Waals surface area contributed by atoms with Crippen LogP contribution in [0.1, 0.15) is 32.6 Å². The van der Waals surface area contributed by atoms with E-state index >= 15 is 0 Å². The number of carbonyl (C=O) groups excluding carboxylic acids is 1. The molecule has 2 N–H and O–H groups in total. The van der Waals surface area contributed by atoms with Crippen LogP contribution in [0.3, 0.4) is 0 Å². The molecule has 0 spiro atoms. The fourth-order valence-electron chi connectivity index (χ4n) is 1.70. The molecule has 2 saturated carbocycles. The van der Waals surface area contributed by atoms with Crippen molar-refractivity contribution in [1.82, 2.24) is 10.6 Å². The van der Waals surface area contributed by atoms with E-state index in [1.807, 2.05) is 0 Å². The normalized spacial score (nSPS) is 32.1. The Balaban J connectivity index is 1.55. The molecule has 2 fully saturated rings. The predicted molar refractivity (Wildman–Crippen MR) is 51.4 cm³/mol. The highest BCUT2D eigenvalue weighted by Crippen LogP contribution is 2.36. The summed E-state index contributed by atoms with van der Waals surface area (Å²) in [5.74, 6) is 1.57. The van der Waals surface area contributed by atoms with Crippen LogP contribution in [0.15, 0.2) is 0 Å². The Hall–Kier alpha value is -0.730. The lowest BCUT2D eigenvalue weighted by molar-refractivity contribution is 0.228. The van der Waals surface area contributed by atoms with E-state index < -0.39 is 0 Å². The van der Waals surface area contributed by atoms with Crippen molar-refractivity contribution in [3.05, 3.63) is 0 Å². The van der Waals surface area contributed by atoms with Gasteiger partial charge in [0.2, 0.25) is 0 Å². The topological polar surface area (TPSA) is 41.1 Å². The highest BCUT2D eigenvalue weighted by atomic mass is 16.2. The van der Waals surface area contributed by atoms with Gasteiger partial charge >= 0.3 is 6.03 Å². The second kappa shape index (κ2) is 3.56. The molecule has 2 amide bonds. The van der Waals surface area contributed by atoms with Crippen molar-refractivity contribution in [1.29, 1.82) is 0 Å². The number of amides is 2. The summed E-state index contributed by atoms with van der Waals surface area (Å²) in [6.45, 7) is 3.09. The number of hydrogen-bond donors (Lipinski definition) is 2. The van der Waals surface area contributed by atoms with Crippen LogP contribution >= 0.6 is 0 Å². The van der Waals surface area contributed by atoms with E-state index in [0.29, 0.717) is 6.04 Å². The van der Waals surface area contributed by atoms with Crippen LogP contribution in [0, 0.1) is 11.8 Å². The summed E-state index contributed by atoms with van der Waals surface area (Å²) >= 11 is 0. The Bertz CT molecular complexity index is 201. The van der Waals surface area contributed by atoms with E-state index in [9.17, 15) is 4.79 Å². The second-order valence-corrected chi connectivity index (χ2v) is 4.46. The second-order valence-electron chi connectivity index (χ2n) is 4.46. The van der Waals surface area contributed by atoms with Gasteiger partial charge in [-0.1, -0.05) is 6.92 Å². The molecule has 2 atom stereocenters. The van der Waals surface area contributed by atoms with Gasteiger partial charge in [-0.2, -0.15) is 0 Å². The van der Waals surface area contributed by atoms with Gasteiger partial charge in [0, 0.05) is 12.6 Å². The van der Waals surface area contributed by atoms with Crippen LogP contribution in [0.4, 0.5) is 4.79 Å². The predicted octanol–water partition coefficient (Wildman–Crippen LogP) is 1.49. The molecule has 0 heterocycles. The molecule has 3 nitrogen and oxygen atoms in total. The zero-order chi connectivity index (χ0) is 9.26. The van der Waals surface area contributed by atoms with Gasteiger partial charge in [0.15, 0.2) is 0 Å². The molecule has 0 aliphatic heterocycles. The first-order valence-corrected chi connectivity index (χ1v) is 5.30. The Labute approximate surface area is 79.3 Å². The van der Waals surface area contributed by atoms with Gasteiger partial charge < -0.3 is 10.6 Å². The summed E-state index contributed by atoms with van der Waals surface area (Å²) in [5, 5.41) is 5.89. The van der Waals surface area contributed by atoms with Gasteiger partial charge in [-0.15, -0.1) is 0 Å². The van der Waals surface area contributed by atoms with Crippen molar-refractivity contribution < 1.29 is 4.79 Å². The third kappa shape index (κ3) is 2.36. The number of rotatable bonds is 3. The van der Waals surface area contributed by atoms with Gasteiger partial charge in [0.05, 0.1) is 0 Å². The van der Waals surface area contributed by atoms with Crippen molar-refractivity contribution in [3.8, 4) is 0 Å². The van der Waals surface area contributed by atoms with Gasteiger partial charge in [-0.3, -0.25) is 0 Å². The molecule has 2 aliphatic carbocycles. The Morgan fingerprint density at radius 2 is 2.15 bits per heavy atom. The van der Waals surface area contributed by atoms with Crippen LogP contribution in [0.25, 0.3) is 0 Å². The zero-order valence-electron chi connectivity index (χ0n) is 8.18. The molecule has 0 aromatic rings. The summed E-state index contributed by atoms with van der Waals surface area (Å²) in [6.07, 6.45) is 4.87. The van der Waals surface area contributed by atoms with Crippen molar-refractivity contribution in [2.45, 2.75) is 38.6 Å². The SMILES string of the molecule is CC1CC1CNC(=O)NC1CCC1. The fraction of sp³-hybridized carbons (Fsp3) is 0.900. The molecule has 0 aromatic carbocycles. The average Bonchev–Trinajstić information content (AvgIpc) is 2.71. The van der Waals surface area contributed by atoms with Crippen molar-refractivity contribution >= 4 is 6.03 Å². The maximum atomic E-state index is 11.3. The molecule has 3 heteroatoms. The molecule has 0 bridgehead atoms. The maximum absolute atomic E-state index is 11.3. The van der Waals surface area contributed by atoms with Gasteiger partial charge in [-0.25, -0.2) is 4.79 Å². The largest absolute Gasteiger partial charge is 0.338 e. The summed E-state index contributed by atoms with van der Waals surface area (Å²) in [5.41, 5.74) is 0. The lowest BCUT2D eigenvalue weighted by Crippen LogP contribution is -2.45. The molecule has 74 valence electrons. The van der Waals surface area contributed by atoms with Gasteiger partial charge in [-0.05, 0) is 37.5 Å². The van der Waals surface area contributed by atoms with E-state index in [2.05, 4.69) is 17.6 Å².